The maximum atomic E-state index is 12.9. The number of Topliss-reactive ketones (excluding diaryl/α,β-unsaturated/α-hetero) is 1. The van der Waals surface area contributed by atoms with Gasteiger partial charge in [0.1, 0.15) is 5.82 Å². The minimum Gasteiger partial charge on any atom is -0.355 e. The number of nitrogens with one attached hydrogen (secondary N) is 1. The van der Waals surface area contributed by atoms with Crippen molar-refractivity contribution in [1.29, 1.82) is 0 Å². The number of benzene rings is 2. The standard InChI is InChI=1S/C21H19FN2O2S2/c22-17-8-6-16(7-9-17)19(25)14-28-21-24-18(13-27-21)12-20(26)23-11-10-15-4-2-1-3-5-15/h1-9,13H,10-12,14H2,(H,23,26). The maximum absolute atomic E-state index is 12.9. The molecule has 1 amide bonds. The fourth-order valence-electron chi connectivity index (χ4n) is 2.50. The van der Waals surface area contributed by atoms with E-state index in [1.54, 1.807) is 0 Å². The summed E-state index contributed by atoms with van der Waals surface area (Å²) in [4.78, 5) is 28.6. The minimum atomic E-state index is -0.365. The molecule has 0 saturated carbocycles. The van der Waals surface area contributed by atoms with Crippen LogP contribution in [-0.4, -0.2) is 29.0 Å². The average molecular weight is 415 g/mol. The second kappa shape index (κ2) is 10.1. The van der Waals surface area contributed by atoms with Gasteiger partial charge in [-0.15, -0.1) is 11.3 Å². The van der Waals surface area contributed by atoms with Crippen LogP contribution in [0.3, 0.4) is 0 Å². The van der Waals surface area contributed by atoms with Gasteiger partial charge >= 0.3 is 0 Å². The van der Waals surface area contributed by atoms with Crippen molar-refractivity contribution in [2.24, 2.45) is 0 Å². The number of hydrogen-bond donors (Lipinski definition) is 1. The molecule has 3 rings (SSSR count). The highest BCUT2D eigenvalue weighted by Gasteiger charge is 2.11. The lowest BCUT2D eigenvalue weighted by molar-refractivity contribution is -0.120. The van der Waals surface area contributed by atoms with E-state index in [1.165, 1.54) is 52.9 Å². The second-order valence-corrected chi connectivity index (χ2v) is 8.17. The molecule has 0 bridgehead atoms. The summed E-state index contributed by atoms with van der Waals surface area (Å²) in [6.07, 6.45) is 1.01. The Hall–Kier alpha value is -2.51. The molecule has 2 aromatic carbocycles. The zero-order valence-electron chi connectivity index (χ0n) is 15.1. The quantitative estimate of drug-likeness (QED) is 0.422. The summed E-state index contributed by atoms with van der Waals surface area (Å²) in [7, 11) is 0. The molecule has 4 nitrogen and oxygen atoms in total. The van der Waals surface area contributed by atoms with Crippen LogP contribution in [0.25, 0.3) is 0 Å². The summed E-state index contributed by atoms with van der Waals surface area (Å²) in [5.74, 6) is -0.293. The highest BCUT2D eigenvalue weighted by Crippen LogP contribution is 2.24. The molecule has 1 heterocycles. The zero-order chi connectivity index (χ0) is 19.8. The van der Waals surface area contributed by atoms with Gasteiger partial charge < -0.3 is 5.32 Å². The molecule has 0 spiro atoms. The number of carbonyl (C=O) groups is 2. The summed E-state index contributed by atoms with van der Waals surface area (Å²) in [6, 6.07) is 15.5. The Kier molecular flexibility index (Phi) is 7.33. The molecule has 0 saturated heterocycles. The summed E-state index contributed by atoms with van der Waals surface area (Å²) in [5, 5.41) is 4.73. The number of aromatic nitrogens is 1. The van der Waals surface area contributed by atoms with Gasteiger partial charge in [0.25, 0.3) is 0 Å². The Morgan fingerprint density at radius 2 is 1.82 bits per heavy atom. The van der Waals surface area contributed by atoms with E-state index in [-0.39, 0.29) is 29.7 Å². The molecule has 144 valence electrons. The van der Waals surface area contributed by atoms with Gasteiger partial charge in [-0.3, -0.25) is 9.59 Å². The molecule has 1 N–H and O–H groups in total. The van der Waals surface area contributed by atoms with E-state index in [2.05, 4.69) is 10.3 Å². The van der Waals surface area contributed by atoms with Gasteiger partial charge in [0, 0.05) is 17.5 Å². The van der Waals surface area contributed by atoms with Gasteiger partial charge in [0.05, 0.1) is 17.9 Å². The van der Waals surface area contributed by atoms with Gasteiger partial charge in [-0.2, -0.15) is 0 Å². The van der Waals surface area contributed by atoms with Gasteiger partial charge in [-0.1, -0.05) is 42.1 Å². The molecule has 0 aliphatic carbocycles. The smallest absolute Gasteiger partial charge is 0.226 e. The van der Waals surface area contributed by atoms with Crippen LogP contribution in [0.5, 0.6) is 0 Å². The molecule has 3 aromatic rings. The molecular formula is C21H19FN2O2S2. The molecule has 0 aliphatic rings. The Morgan fingerprint density at radius 1 is 1.07 bits per heavy atom. The molecule has 0 unspecified atom stereocenters. The predicted octanol–water partition coefficient (Wildman–Crippen LogP) is 4.16. The van der Waals surface area contributed by atoms with Crippen molar-refractivity contribution in [3.05, 3.63) is 82.6 Å². The zero-order valence-corrected chi connectivity index (χ0v) is 16.7. The van der Waals surface area contributed by atoms with Crippen molar-refractivity contribution in [2.45, 2.75) is 17.2 Å². The van der Waals surface area contributed by atoms with Crippen LogP contribution in [0, 0.1) is 5.82 Å². The van der Waals surface area contributed by atoms with Crippen LogP contribution in [0.15, 0.2) is 64.3 Å². The van der Waals surface area contributed by atoms with E-state index in [4.69, 9.17) is 0 Å². The summed E-state index contributed by atoms with van der Waals surface area (Å²) in [5.41, 5.74) is 2.35. The fraction of sp³-hybridized carbons (Fsp3) is 0.190. The molecular weight excluding hydrogens is 395 g/mol. The third-order valence-corrected chi connectivity index (χ3v) is 6.01. The number of halogens is 1. The number of carbonyl (C=O) groups excluding carboxylic acids is 2. The number of thioether (sulfide) groups is 1. The van der Waals surface area contributed by atoms with E-state index < -0.39 is 0 Å². The molecule has 0 radical (unpaired) electrons. The monoisotopic (exact) mass is 414 g/mol. The number of hydrogen-bond acceptors (Lipinski definition) is 5. The van der Waals surface area contributed by atoms with Crippen molar-refractivity contribution in [3.8, 4) is 0 Å². The maximum Gasteiger partial charge on any atom is 0.226 e. The van der Waals surface area contributed by atoms with Gasteiger partial charge in [0.2, 0.25) is 5.91 Å². The van der Waals surface area contributed by atoms with Crippen LogP contribution < -0.4 is 5.32 Å². The lowest BCUT2D eigenvalue weighted by atomic mass is 10.1. The van der Waals surface area contributed by atoms with Gasteiger partial charge in [-0.05, 0) is 36.2 Å². The van der Waals surface area contributed by atoms with Gasteiger partial charge in [0.15, 0.2) is 10.1 Å². The lowest BCUT2D eigenvalue weighted by Gasteiger charge is -2.04. The molecule has 1 aromatic heterocycles. The second-order valence-electron chi connectivity index (χ2n) is 6.09. The molecule has 28 heavy (non-hydrogen) atoms. The summed E-state index contributed by atoms with van der Waals surface area (Å²) >= 11 is 2.73. The van der Waals surface area contributed by atoms with Crippen molar-refractivity contribution < 1.29 is 14.0 Å². The van der Waals surface area contributed by atoms with E-state index in [1.807, 2.05) is 35.7 Å². The Morgan fingerprint density at radius 3 is 2.57 bits per heavy atom. The van der Waals surface area contributed by atoms with Gasteiger partial charge in [-0.25, -0.2) is 9.37 Å². The van der Waals surface area contributed by atoms with E-state index >= 15 is 0 Å². The normalized spacial score (nSPS) is 10.6. The first-order valence-corrected chi connectivity index (χ1v) is 10.6. The van der Waals surface area contributed by atoms with E-state index in [0.29, 0.717) is 17.8 Å². The number of amides is 1. The van der Waals surface area contributed by atoms with Crippen molar-refractivity contribution >= 4 is 34.8 Å². The van der Waals surface area contributed by atoms with Crippen molar-refractivity contribution in [3.63, 3.8) is 0 Å². The Balaban J connectivity index is 1.41. The van der Waals surface area contributed by atoms with E-state index in [0.717, 1.165) is 10.8 Å². The third kappa shape index (κ3) is 6.28. The fourth-order valence-corrected chi connectivity index (χ4v) is 4.24. The number of nitrogens with zero attached hydrogens (tertiary/aromatic N) is 1. The van der Waals surface area contributed by atoms with Crippen LogP contribution in [0.2, 0.25) is 0 Å². The van der Waals surface area contributed by atoms with E-state index in [9.17, 15) is 14.0 Å². The van der Waals surface area contributed by atoms with Crippen LogP contribution in [0.4, 0.5) is 4.39 Å². The Bertz CT molecular complexity index is 927. The van der Waals surface area contributed by atoms with Crippen LogP contribution in [0.1, 0.15) is 21.6 Å². The first-order valence-electron chi connectivity index (χ1n) is 8.77. The molecule has 0 atom stereocenters. The number of rotatable bonds is 9. The van der Waals surface area contributed by atoms with Crippen LogP contribution in [-0.2, 0) is 17.6 Å². The Labute approximate surface area is 171 Å². The molecule has 7 heteroatoms. The first kappa shape index (κ1) is 20.2. The third-order valence-electron chi connectivity index (χ3n) is 3.94. The topological polar surface area (TPSA) is 59.1 Å². The summed E-state index contributed by atoms with van der Waals surface area (Å²) < 4.78 is 13.7. The highest BCUT2D eigenvalue weighted by molar-refractivity contribution is 8.01. The molecule has 0 aliphatic heterocycles. The lowest BCUT2D eigenvalue weighted by Crippen LogP contribution is -2.27. The number of thiazole rings is 1. The summed E-state index contributed by atoms with van der Waals surface area (Å²) in [6.45, 7) is 0.584. The number of ketones is 1. The first-order chi connectivity index (χ1) is 13.6. The highest BCUT2D eigenvalue weighted by atomic mass is 32.2. The molecule has 0 fully saturated rings. The minimum absolute atomic E-state index is 0.0693. The van der Waals surface area contributed by atoms with Crippen molar-refractivity contribution in [1.82, 2.24) is 10.3 Å². The predicted molar refractivity (Wildman–Crippen MR) is 110 cm³/mol. The largest absolute Gasteiger partial charge is 0.355 e. The SMILES string of the molecule is O=C(Cc1csc(SCC(=O)c2ccc(F)cc2)n1)NCCc1ccccc1. The van der Waals surface area contributed by atoms with Crippen LogP contribution >= 0.6 is 23.1 Å². The van der Waals surface area contributed by atoms with Crippen molar-refractivity contribution in [2.75, 3.05) is 12.3 Å². The average Bonchev–Trinajstić information content (AvgIpc) is 3.14.